The Morgan fingerprint density at radius 1 is 0.929 bits per heavy atom. The van der Waals surface area contributed by atoms with Crippen LogP contribution in [0.25, 0.3) is 16.8 Å². The number of rotatable bonds is 0. The molecule has 0 heterocycles. The van der Waals surface area contributed by atoms with E-state index < -0.39 is 0 Å². The Balaban J connectivity index is 0.000000750. The number of benzene rings is 2. The third-order valence-corrected chi connectivity index (χ3v) is 2.66. The van der Waals surface area contributed by atoms with Crippen LogP contribution in [0.3, 0.4) is 0 Å². The van der Waals surface area contributed by atoms with Gasteiger partial charge in [0.05, 0.1) is 0 Å². The molecule has 0 N–H and O–H groups in total. The molecule has 14 heavy (non-hydrogen) atoms. The molecular formula is C13H10Ti. The molecular weight excluding hydrogens is 204 g/mol. The molecule has 0 spiro atoms. The van der Waals surface area contributed by atoms with Crippen molar-refractivity contribution in [2.45, 2.75) is 6.42 Å². The van der Waals surface area contributed by atoms with E-state index in [0.29, 0.717) is 0 Å². The summed E-state index contributed by atoms with van der Waals surface area (Å²) in [5, 5.41) is 2.80. The largest absolute Gasteiger partial charge is 0.0795 e. The molecule has 1 heteroatoms. The van der Waals surface area contributed by atoms with Crippen molar-refractivity contribution >= 4 is 16.8 Å². The fraction of sp³-hybridized carbons (Fsp3) is 0.0769. The predicted molar refractivity (Wildman–Crippen MR) is 56.7 cm³/mol. The normalized spacial score (nSPS) is 12.6. The van der Waals surface area contributed by atoms with Crippen molar-refractivity contribution in [3.8, 4) is 0 Å². The van der Waals surface area contributed by atoms with Crippen LogP contribution < -0.4 is 0 Å². The molecule has 1 aliphatic rings. The summed E-state index contributed by atoms with van der Waals surface area (Å²) in [6, 6.07) is 13.0. The summed E-state index contributed by atoms with van der Waals surface area (Å²) in [6.45, 7) is 0. The number of allylic oxidation sites excluding steroid dienone is 1. The van der Waals surface area contributed by atoms with E-state index in [1.54, 1.807) is 0 Å². The molecule has 0 amide bonds. The summed E-state index contributed by atoms with van der Waals surface area (Å²) in [6.07, 6.45) is 5.53. The van der Waals surface area contributed by atoms with E-state index in [4.69, 9.17) is 0 Å². The van der Waals surface area contributed by atoms with Crippen molar-refractivity contribution < 1.29 is 21.7 Å². The Morgan fingerprint density at radius 3 is 2.57 bits per heavy atom. The van der Waals surface area contributed by atoms with Gasteiger partial charge in [0.25, 0.3) is 0 Å². The molecule has 3 rings (SSSR count). The van der Waals surface area contributed by atoms with Gasteiger partial charge in [0.1, 0.15) is 0 Å². The molecule has 0 unspecified atom stereocenters. The Bertz CT molecular complexity index is 492. The van der Waals surface area contributed by atoms with Gasteiger partial charge in [-0.25, -0.2) is 0 Å². The van der Waals surface area contributed by atoms with Crippen LogP contribution in [0, 0.1) is 0 Å². The minimum absolute atomic E-state index is 0. The van der Waals surface area contributed by atoms with Crippen LogP contribution in [0.15, 0.2) is 42.5 Å². The monoisotopic (exact) mass is 214 g/mol. The van der Waals surface area contributed by atoms with Crippen LogP contribution in [-0.4, -0.2) is 0 Å². The second-order valence-corrected chi connectivity index (χ2v) is 3.47. The first kappa shape index (κ1) is 9.70. The zero-order valence-corrected chi connectivity index (χ0v) is 9.39. The third-order valence-electron chi connectivity index (χ3n) is 2.66. The molecule has 0 nitrogen and oxygen atoms in total. The van der Waals surface area contributed by atoms with E-state index >= 15 is 0 Å². The molecule has 0 bridgehead atoms. The first-order valence-corrected chi connectivity index (χ1v) is 4.62. The van der Waals surface area contributed by atoms with E-state index in [1.165, 1.54) is 21.9 Å². The van der Waals surface area contributed by atoms with E-state index in [0.717, 1.165) is 6.42 Å². The maximum absolute atomic E-state index is 2.23. The van der Waals surface area contributed by atoms with Crippen LogP contribution in [-0.2, 0) is 28.1 Å². The van der Waals surface area contributed by atoms with Gasteiger partial charge in [0, 0.05) is 21.7 Å². The topological polar surface area (TPSA) is 0 Å². The Morgan fingerprint density at radius 2 is 1.71 bits per heavy atom. The van der Waals surface area contributed by atoms with Crippen LogP contribution in [0.4, 0.5) is 0 Å². The maximum Gasteiger partial charge on any atom is 0 e. The van der Waals surface area contributed by atoms with Crippen molar-refractivity contribution in [2.75, 3.05) is 0 Å². The fourth-order valence-corrected chi connectivity index (χ4v) is 2.07. The van der Waals surface area contributed by atoms with E-state index in [2.05, 4.69) is 48.6 Å². The Kier molecular flexibility index (Phi) is 2.58. The quantitative estimate of drug-likeness (QED) is 0.589. The van der Waals surface area contributed by atoms with Crippen LogP contribution in [0.2, 0.25) is 0 Å². The number of hydrogen-bond donors (Lipinski definition) is 0. The SMILES string of the molecule is C1=Cc2cccc3cccc(c23)C1.[Ti]. The van der Waals surface area contributed by atoms with Crippen molar-refractivity contribution in [1.29, 1.82) is 0 Å². The molecule has 2 aromatic carbocycles. The van der Waals surface area contributed by atoms with Gasteiger partial charge in [-0.3, -0.25) is 0 Å². The average molecular weight is 214 g/mol. The van der Waals surface area contributed by atoms with E-state index in [1.807, 2.05) is 0 Å². The average Bonchev–Trinajstić information content (AvgIpc) is 2.19. The van der Waals surface area contributed by atoms with E-state index in [9.17, 15) is 0 Å². The van der Waals surface area contributed by atoms with Crippen molar-refractivity contribution in [1.82, 2.24) is 0 Å². The maximum atomic E-state index is 2.23. The first-order valence-electron chi connectivity index (χ1n) is 4.62. The molecule has 0 aromatic heterocycles. The molecule has 0 atom stereocenters. The molecule has 0 aliphatic heterocycles. The molecule has 66 valence electrons. The molecule has 2 aromatic rings. The van der Waals surface area contributed by atoms with Gasteiger partial charge in [-0.15, -0.1) is 0 Å². The van der Waals surface area contributed by atoms with Crippen LogP contribution in [0.1, 0.15) is 11.1 Å². The van der Waals surface area contributed by atoms with Crippen molar-refractivity contribution in [2.24, 2.45) is 0 Å². The summed E-state index contributed by atoms with van der Waals surface area (Å²) in [4.78, 5) is 0. The fourth-order valence-electron chi connectivity index (χ4n) is 2.07. The first-order chi connectivity index (χ1) is 6.45. The van der Waals surface area contributed by atoms with Crippen molar-refractivity contribution in [3.05, 3.63) is 53.6 Å². The Hall–Kier alpha value is -0.846. The smallest absolute Gasteiger partial charge is 0 e. The van der Waals surface area contributed by atoms with Gasteiger partial charge in [-0.05, 0) is 28.3 Å². The summed E-state index contributed by atoms with van der Waals surface area (Å²) >= 11 is 0. The Labute approximate surface area is 98.5 Å². The number of hydrogen-bond acceptors (Lipinski definition) is 0. The van der Waals surface area contributed by atoms with Gasteiger partial charge in [-0.2, -0.15) is 0 Å². The van der Waals surface area contributed by atoms with Gasteiger partial charge in [0.2, 0.25) is 0 Å². The predicted octanol–water partition coefficient (Wildman–Crippen LogP) is 3.41. The van der Waals surface area contributed by atoms with Gasteiger partial charge < -0.3 is 0 Å². The zero-order valence-electron chi connectivity index (χ0n) is 7.83. The van der Waals surface area contributed by atoms with Crippen molar-refractivity contribution in [3.63, 3.8) is 0 Å². The molecule has 0 saturated heterocycles. The van der Waals surface area contributed by atoms with Crippen LogP contribution in [0.5, 0.6) is 0 Å². The minimum atomic E-state index is 0. The van der Waals surface area contributed by atoms with Gasteiger partial charge >= 0.3 is 0 Å². The van der Waals surface area contributed by atoms with Gasteiger partial charge in [0.15, 0.2) is 0 Å². The molecule has 1 aliphatic carbocycles. The second kappa shape index (κ2) is 3.72. The second-order valence-electron chi connectivity index (χ2n) is 3.47. The minimum Gasteiger partial charge on any atom is -0.0795 e. The standard InChI is InChI=1S/C13H10.Ti/c1-4-10-6-2-8-12-9-3-7-11(5-1)13(10)12;/h1-8H,9H2;. The van der Waals surface area contributed by atoms with E-state index in [-0.39, 0.29) is 21.7 Å². The summed E-state index contributed by atoms with van der Waals surface area (Å²) in [5.41, 5.74) is 2.81. The molecule has 0 fully saturated rings. The third kappa shape index (κ3) is 1.35. The summed E-state index contributed by atoms with van der Waals surface area (Å²) in [7, 11) is 0. The van der Waals surface area contributed by atoms with Gasteiger partial charge in [-0.1, -0.05) is 48.6 Å². The zero-order chi connectivity index (χ0) is 8.67. The summed E-state index contributed by atoms with van der Waals surface area (Å²) in [5.74, 6) is 0. The van der Waals surface area contributed by atoms with Crippen LogP contribution >= 0.6 is 0 Å². The molecule has 0 saturated carbocycles. The molecule has 0 radical (unpaired) electrons. The summed E-state index contributed by atoms with van der Waals surface area (Å²) < 4.78 is 0.